The van der Waals surface area contributed by atoms with Crippen LogP contribution in [0.1, 0.15) is 59.6 Å². The number of rotatable bonds is 12. The maximum Gasteiger partial charge on any atom is 0.358 e. The number of pyridine rings is 1. The summed E-state index contributed by atoms with van der Waals surface area (Å²) in [6.45, 7) is 18.3. The summed E-state index contributed by atoms with van der Waals surface area (Å²) < 4.78 is 44.2. The molecule has 206 valence electrons. The van der Waals surface area contributed by atoms with Crippen LogP contribution in [0, 0.1) is 0 Å². The molecule has 9 heteroatoms. The molecule has 1 aromatic heterocycles. The van der Waals surface area contributed by atoms with E-state index >= 15 is 0 Å². The van der Waals surface area contributed by atoms with Gasteiger partial charge in [-0.3, -0.25) is 9.55 Å². The fourth-order valence-corrected chi connectivity index (χ4v) is 6.48. The van der Waals surface area contributed by atoms with Crippen LogP contribution in [0.25, 0.3) is 6.08 Å². The van der Waals surface area contributed by atoms with E-state index in [1.54, 1.807) is 26.6 Å². The van der Waals surface area contributed by atoms with E-state index in [0.717, 1.165) is 11.1 Å². The van der Waals surface area contributed by atoms with Gasteiger partial charge < -0.3 is 22.9 Å². The molecule has 1 heterocycles. The molecular formula is C28H44NO6PSi. The lowest BCUT2D eigenvalue weighted by molar-refractivity contribution is 0.147. The second kappa shape index (κ2) is 12.6. The molecular weight excluding hydrogens is 505 g/mol. The molecule has 0 saturated carbocycles. The summed E-state index contributed by atoms with van der Waals surface area (Å²) in [6, 6.07) is 7.54. The highest BCUT2D eigenvalue weighted by molar-refractivity contribution is 7.58. The molecule has 0 aliphatic rings. The topological polar surface area (TPSA) is 76.1 Å². The lowest BCUT2D eigenvalue weighted by Gasteiger charge is -2.37. The molecule has 7 nitrogen and oxygen atoms in total. The van der Waals surface area contributed by atoms with Gasteiger partial charge in [-0.05, 0) is 81.2 Å². The van der Waals surface area contributed by atoms with Crippen molar-refractivity contribution in [2.45, 2.75) is 85.2 Å². The molecule has 0 atom stereocenters. The zero-order valence-corrected chi connectivity index (χ0v) is 26.1. The third-order valence-electron chi connectivity index (χ3n) is 6.14. The highest BCUT2D eigenvalue weighted by Crippen LogP contribution is 2.59. The smallest absolute Gasteiger partial charge is 0.358 e. The van der Waals surface area contributed by atoms with Gasteiger partial charge in [0.2, 0.25) is 0 Å². The number of nitrogens with zero attached hydrogens (tertiary/aromatic N) is 1. The molecule has 0 unspecified atom stereocenters. The minimum Gasteiger partial charge on any atom is -0.539 e. The number of benzene rings is 1. The van der Waals surface area contributed by atoms with Crippen LogP contribution in [0.5, 0.6) is 17.2 Å². The van der Waals surface area contributed by atoms with E-state index in [4.69, 9.17) is 22.9 Å². The van der Waals surface area contributed by atoms with Crippen molar-refractivity contribution in [3.05, 3.63) is 53.1 Å². The molecule has 0 bridgehead atoms. The Balaban J connectivity index is 2.64. The molecule has 0 radical (unpaired) electrons. The monoisotopic (exact) mass is 549 g/mol. The first-order valence-corrected chi connectivity index (χ1v) is 17.1. The van der Waals surface area contributed by atoms with Crippen molar-refractivity contribution >= 4 is 22.0 Å². The van der Waals surface area contributed by atoms with E-state index in [1.807, 2.05) is 58.0 Å². The van der Waals surface area contributed by atoms with E-state index in [9.17, 15) is 4.57 Å². The zero-order valence-electron chi connectivity index (χ0n) is 24.2. The van der Waals surface area contributed by atoms with Gasteiger partial charge in [0.15, 0.2) is 17.2 Å². The third kappa shape index (κ3) is 8.44. The van der Waals surface area contributed by atoms with Crippen molar-refractivity contribution < 1.29 is 27.5 Å². The minimum atomic E-state index is -3.66. The van der Waals surface area contributed by atoms with Crippen molar-refractivity contribution in [3.63, 3.8) is 0 Å². The van der Waals surface area contributed by atoms with Crippen LogP contribution in [0.4, 0.5) is 0 Å². The summed E-state index contributed by atoms with van der Waals surface area (Å²) in [5.74, 6) is 1.70. The van der Waals surface area contributed by atoms with Crippen LogP contribution in [0.15, 0.2) is 42.0 Å². The normalized spacial score (nSPS) is 13.3. The Hall–Kier alpha value is -2.12. The zero-order chi connectivity index (χ0) is 28.0. The van der Waals surface area contributed by atoms with Gasteiger partial charge in [0.05, 0.1) is 26.4 Å². The van der Waals surface area contributed by atoms with Gasteiger partial charge in [-0.25, -0.2) is 0 Å². The van der Waals surface area contributed by atoms with E-state index in [1.165, 1.54) is 0 Å². The maximum absolute atomic E-state index is 14.2. The van der Waals surface area contributed by atoms with Gasteiger partial charge in [-0.1, -0.05) is 26.8 Å². The number of hydrogen-bond acceptors (Lipinski definition) is 7. The number of ether oxygens (including phenoxy) is 2. The van der Waals surface area contributed by atoms with E-state index < -0.39 is 15.9 Å². The second-order valence-electron chi connectivity index (χ2n) is 11.1. The SMILES string of the molecule is COc1cc(CC(=Cc2cccnc2)P(=O)(OC(C)C)OC(C)C)cc(OC)c1O[Si](C)(C)C(C)(C)C. The molecule has 1 aromatic carbocycles. The summed E-state index contributed by atoms with van der Waals surface area (Å²) in [7, 11) is -2.61. The van der Waals surface area contributed by atoms with Crippen LogP contribution < -0.4 is 13.9 Å². The van der Waals surface area contributed by atoms with Crippen molar-refractivity contribution in [3.8, 4) is 17.2 Å². The quantitative estimate of drug-likeness (QED) is 0.195. The van der Waals surface area contributed by atoms with Crippen molar-refractivity contribution in [2.24, 2.45) is 0 Å². The van der Waals surface area contributed by atoms with Gasteiger partial charge in [0.25, 0.3) is 8.32 Å². The summed E-state index contributed by atoms with van der Waals surface area (Å²) in [6.07, 6.45) is 4.93. The summed E-state index contributed by atoms with van der Waals surface area (Å²) in [5, 5.41) is 0.515. The van der Waals surface area contributed by atoms with E-state index in [2.05, 4.69) is 38.8 Å². The average Bonchev–Trinajstić information content (AvgIpc) is 2.77. The number of hydrogen-bond donors (Lipinski definition) is 0. The van der Waals surface area contributed by atoms with Crippen LogP contribution in [0.3, 0.4) is 0 Å². The highest BCUT2D eigenvalue weighted by atomic mass is 31.2. The summed E-state index contributed by atoms with van der Waals surface area (Å²) in [5.41, 5.74) is 1.63. The Morgan fingerprint density at radius 3 is 1.97 bits per heavy atom. The standard InChI is InChI=1S/C28H44NO6PSi/c1-20(2)33-36(30,34-21(3)4)24(15-22-13-12-14-29-19-22)16-23-17-25(31-8)27(26(18-23)32-9)35-37(10,11)28(5,6)7/h12-15,17-21H,16H2,1-11H3. The molecule has 2 rings (SSSR count). The number of aromatic nitrogens is 1. The molecule has 37 heavy (non-hydrogen) atoms. The minimum absolute atomic E-state index is 0.00364. The van der Waals surface area contributed by atoms with Gasteiger partial charge in [0, 0.05) is 24.1 Å². The van der Waals surface area contributed by atoms with Gasteiger partial charge in [-0.15, -0.1) is 0 Å². The summed E-state index contributed by atoms with van der Waals surface area (Å²) in [4.78, 5) is 4.20. The lowest BCUT2D eigenvalue weighted by Crippen LogP contribution is -2.44. The molecule has 0 N–H and O–H groups in total. The molecule has 0 amide bonds. The van der Waals surface area contributed by atoms with Gasteiger partial charge >= 0.3 is 7.60 Å². The Morgan fingerprint density at radius 2 is 1.57 bits per heavy atom. The number of allylic oxidation sites excluding steroid dienone is 1. The highest BCUT2D eigenvalue weighted by Gasteiger charge is 2.40. The van der Waals surface area contributed by atoms with Gasteiger partial charge in [0.1, 0.15) is 0 Å². The first kappa shape index (κ1) is 31.1. The molecule has 0 aliphatic heterocycles. The number of methoxy groups -OCH3 is 2. The van der Waals surface area contributed by atoms with Crippen LogP contribution in [0.2, 0.25) is 18.1 Å². The Morgan fingerprint density at radius 1 is 1.03 bits per heavy atom. The Bertz CT molecular complexity index is 1070. The van der Waals surface area contributed by atoms with Crippen molar-refractivity contribution in [1.29, 1.82) is 0 Å². The molecule has 2 aromatic rings. The fourth-order valence-electron chi connectivity index (χ4n) is 3.35. The van der Waals surface area contributed by atoms with Crippen molar-refractivity contribution in [2.75, 3.05) is 14.2 Å². The molecule has 0 saturated heterocycles. The molecule has 0 aliphatic carbocycles. The molecule has 0 spiro atoms. The fraction of sp³-hybridized carbons (Fsp3) is 0.536. The lowest BCUT2D eigenvalue weighted by atomic mass is 10.1. The third-order valence-corrected chi connectivity index (χ3v) is 12.9. The Kier molecular flexibility index (Phi) is 10.6. The largest absolute Gasteiger partial charge is 0.539 e. The first-order chi connectivity index (χ1) is 17.1. The molecule has 0 fully saturated rings. The van der Waals surface area contributed by atoms with Crippen LogP contribution in [-0.4, -0.2) is 39.7 Å². The second-order valence-corrected chi connectivity index (χ2v) is 17.8. The van der Waals surface area contributed by atoms with E-state index in [-0.39, 0.29) is 17.2 Å². The predicted octanol–water partition coefficient (Wildman–Crippen LogP) is 8.11. The summed E-state index contributed by atoms with van der Waals surface area (Å²) >= 11 is 0. The first-order valence-electron chi connectivity index (χ1n) is 12.6. The van der Waals surface area contributed by atoms with Crippen LogP contribution in [-0.2, 0) is 20.0 Å². The van der Waals surface area contributed by atoms with Crippen molar-refractivity contribution in [1.82, 2.24) is 4.98 Å². The van der Waals surface area contributed by atoms with Gasteiger partial charge in [-0.2, -0.15) is 0 Å². The maximum atomic E-state index is 14.2. The van der Waals surface area contributed by atoms with E-state index in [0.29, 0.717) is 29.0 Å². The average molecular weight is 550 g/mol. The Labute approximate surface area is 224 Å². The predicted molar refractivity (Wildman–Crippen MR) is 153 cm³/mol. The van der Waals surface area contributed by atoms with Crippen LogP contribution >= 0.6 is 7.60 Å².